The number of thioether (sulfide) groups is 1. The van der Waals surface area contributed by atoms with Gasteiger partial charge in [0.1, 0.15) is 16.8 Å². The lowest BCUT2D eigenvalue weighted by atomic mass is 9.91. The lowest BCUT2D eigenvalue weighted by Gasteiger charge is -2.28. The molecule has 192 valence electrons. The zero-order valence-corrected chi connectivity index (χ0v) is 22.4. The second-order valence-electron chi connectivity index (χ2n) is 8.68. The van der Waals surface area contributed by atoms with Crippen LogP contribution in [0.25, 0.3) is 11.1 Å². The number of methoxy groups -OCH3 is 3. The number of aromatic nitrogens is 1. The fourth-order valence-electron chi connectivity index (χ4n) is 4.32. The molecule has 2 aromatic carbocycles. The van der Waals surface area contributed by atoms with Crippen molar-refractivity contribution >= 4 is 17.7 Å². The van der Waals surface area contributed by atoms with Crippen LogP contribution in [0, 0.1) is 18.3 Å². The van der Waals surface area contributed by atoms with Crippen molar-refractivity contribution in [2.45, 2.75) is 24.9 Å². The molecule has 1 aromatic heterocycles. The van der Waals surface area contributed by atoms with Crippen molar-refractivity contribution in [1.82, 2.24) is 9.88 Å². The minimum atomic E-state index is -0.411. The van der Waals surface area contributed by atoms with Crippen molar-refractivity contribution < 1.29 is 23.7 Å². The monoisotopic (exact) mass is 519 g/mol. The first kappa shape index (κ1) is 26.3. The van der Waals surface area contributed by atoms with Gasteiger partial charge in [-0.15, -0.1) is 0 Å². The highest BCUT2D eigenvalue weighted by Gasteiger charge is 2.27. The Bertz CT molecular complexity index is 1330. The topological polar surface area (TPSA) is 93.9 Å². The van der Waals surface area contributed by atoms with Crippen molar-refractivity contribution in [3.05, 3.63) is 58.8 Å². The Labute approximate surface area is 221 Å². The van der Waals surface area contributed by atoms with Gasteiger partial charge < -0.3 is 23.8 Å². The summed E-state index contributed by atoms with van der Waals surface area (Å²) in [5.74, 6) is 1.55. The average Bonchev–Trinajstić information content (AvgIpc) is 2.91. The van der Waals surface area contributed by atoms with Gasteiger partial charge in [0.05, 0.1) is 32.6 Å². The van der Waals surface area contributed by atoms with Gasteiger partial charge in [-0.1, -0.05) is 29.5 Å². The van der Waals surface area contributed by atoms with Gasteiger partial charge in [-0.2, -0.15) is 5.26 Å². The molecule has 0 aliphatic carbocycles. The summed E-state index contributed by atoms with van der Waals surface area (Å²) in [5, 5.41) is 10.8. The van der Waals surface area contributed by atoms with Crippen molar-refractivity contribution in [3.8, 4) is 40.2 Å². The maximum absolute atomic E-state index is 12.6. The molecule has 0 bridgehead atoms. The summed E-state index contributed by atoms with van der Waals surface area (Å²) in [7, 11) is 6.71. The molecule has 0 saturated heterocycles. The van der Waals surface area contributed by atoms with Gasteiger partial charge in [-0.05, 0) is 49.4 Å². The number of fused-ring (bicyclic) bond motifs is 1. The molecule has 37 heavy (non-hydrogen) atoms. The number of likely N-dealkylation sites (N-methyl/N-ethyl adjacent to an activating group) is 1. The third-order valence-electron chi connectivity index (χ3n) is 6.15. The van der Waals surface area contributed by atoms with Crippen LogP contribution in [0.1, 0.15) is 22.4 Å². The van der Waals surface area contributed by atoms with E-state index in [2.05, 4.69) is 11.0 Å². The molecule has 0 spiro atoms. The summed E-state index contributed by atoms with van der Waals surface area (Å²) in [5.41, 5.74) is 4.88. The van der Waals surface area contributed by atoms with Crippen LogP contribution in [-0.4, -0.2) is 56.5 Å². The van der Waals surface area contributed by atoms with Crippen molar-refractivity contribution in [2.75, 3.05) is 40.7 Å². The molecule has 8 nitrogen and oxygen atoms in total. The van der Waals surface area contributed by atoms with Crippen molar-refractivity contribution in [2.24, 2.45) is 0 Å². The molecular formula is C28H29N3O5S. The highest BCUT2D eigenvalue weighted by Crippen LogP contribution is 2.44. The lowest BCUT2D eigenvalue weighted by molar-refractivity contribution is -0.131. The number of hydrogen-bond donors (Lipinski definition) is 0. The molecule has 4 rings (SSSR count). The van der Waals surface area contributed by atoms with Crippen LogP contribution in [0.15, 0.2) is 41.4 Å². The Morgan fingerprint density at radius 3 is 2.38 bits per heavy atom. The summed E-state index contributed by atoms with van der Waals surface area (Å²) < 4.78 is 22.1. The standard InChI is InChI=1S/C28H29N3O5S/c1-17-6-8-19(9-7-17)36-25(32)16-37-28-20(14-29)26(21-15-31(2)11-10-22(21)30-28)18-12-23(33-3)27(35-5)24(13-18)34-4/h6-9,12-13H,10-11,15-16H2,1-5H3. The Kier molecular flexibility index (Phi) is 8.21. The van der Waals surface area contributed by atoms with Crippen LogP contribution >= 0.6 is 11.8 Å². The van der Waals surface area contributed by atoms with Gasteiger partial charge in [-0.25, -0.2) is 4.98 Å². The number of ether oxygens (including phenoxy) is 4. The highest BCUT2D eigenvalue weighted by molar-refractivity contribution is 7.99. The van der Waals surface area contributed by atoms with E-state index in [-0.39, 0.29) is 5.75 Å². The largest absolute Gasteiger partial charge is 0.493 e. The number of esters is 1. The van der Waals surface area contributed by atoms with Crippen LogP contribution < -0.4 is 18.9 Å². The number of benzene rings is 2. The second-order valence-corrected chi connectivity index (χ2v) is 9.65. The van der Waals surface area contributed by atoms with Crippen LogP contribution in [0.3, 0.4) is 0 Å². The molecule has 1 aliphatic heterocycles. The van der Waals surface area contributed by atoms with E-state index in [1.54, 1.807) is 33.5 Å². The molecule has 9 heteroatoms. The van der Waals surface area contributed by atoms with E-state index in [1.807, 2.05) is 38.2 Å². The first-order valence-corrected chi connectivity index (χ1v) is 12.7. The summed E-state index contributed by atoms with van der Waals surface area (Å²) in [4.78, 5) is 19.6. The smallest absolute Gasteiger partial charge is 0.321 e. The summed E-state index contributed by atoms with van der Waals surface area (Å²) in [6, 6.07) is 13.3. The SMILES string of the molecule is COc1cc(-c2c(C#N)c(SCC(=O)Oc3ccc(C)cc3)nc3c2CN(C)CC3)cc(OC)c1OC. The molecular weight excluding hydrogens is 490 g/mol. The van der Waals surface area contributed by atoms with Crippen LogP contribution in [0.2, 0.25) is 0 Å². The first-order chi connectivity index (χ1) is 17.9. The summed E-state index contributed by atoms with van der Waals surface area (Å²) in [6.45, 7) is 3.46. The Morgan fingerprint density at radius 1 is 1.11 bits per heavy atom. The maximum atomic E-state index is 12.6. The normalized spacial score (nSPS) is 12.9. The van der Waals surface area contributed by atoms with E-state index in [1.165, 1.54) is 11.8 Å². The highest BCUT2D eigenvalue weighted by atomic mass is 32.2. The third-order valence-corrected chi connectivity index (χ3v) is 7.10. The number of rotatable bonds is 8. The van der Waals surface area contributed by atoms with Gasteiger partial charge in [0, 0.05) is 30.8 Å². The van der Waals surface area contributed by atoms with Crippen molar-refractivity contribution in [3.63, 3.8) is 0 Å². The van der Waals surface area contributed by atoms with Gasteiger partial charge in [-0.3, -0.25) is 4.79 Å². The second kappa shape index (κ2) is 11.5. The zero-order valence-electron chi connectivity index (χ0n) is 21.6. The summed E-state index contributed by atoms with van der Waals surface area (Å²) >= 11 is 1.20. The predicted octanol–water partition coefficient (Wildman–Crippen LogP) is 4.64. The lowest BCUT2D eigenvalue weighted by Crippen LogP contribution is -2.28. The molecule has 0 saturated carbocycles. The fourth-order valence-corrected chi connectivity index (χ4v) is 5.10. The fraction of sp³-hybridized carbons (Fsp3) is 0.321. The number of pyridine rings is 1. The molecule has 0 atom stereocenters. The Balaban J connectivity index is 1.76. The van der Waals surface area contributed by atoms with Gasteiger partial charge in [0.15, 0.2) is 11.5 Å². The molecule has 0 N–H and O–H groups in total. The molecule has 3 aromatic rings. The molecule has 2 heterocycles. The Hall–Kier alpha value is -3.74. The molecule has 0 radical (unpaired) electrons. The van der Waals surface area contributed by atoms with Crippen LogP contribution in [-0.2, 0) is 17.8 Å². The quantitative estimate of drug-likeness (QED) is 0.240. The van der Waals surface area contributed by atoms with E-state index in [9.17, 15) is 10.1 Å². The van der Waals surface area contributed by atoms with E-state index >= 15 is 0 Å². The number of nitrogens with zero attached hydrogens (tertiary/aromatic N) is 3. The van der Waals surface area contributed by atoms with E-state index in [4.69, 9.17) is 23.9 Å². The maximum Gasteiger partial charge on any atom is 0.321 e. The minimum Gasteiger partial charge on any atom is -0.493 e. The molecule has 1 aliphatic rings. The van der Waals surface area contributed by atoms with Crippen LogP contribution in [0.4, 0.5) is 0 Å². The predicted molar refractivity (Wildman–Crippen MR) is 142 cm³/mol. The minimum absolute atomic E-state index is 0.0168. The number of carbonyl (C=O) groups is 1. The van der Waals surface area contributed by atoms with E-state index < -0.39 is 5.97 Å². The van der Waals surface area contributed by atoms with Gasteiger partial charge in [0.2, 0.25) is 5.75 Å². The first-order valence-electron chi connectivity index (χ1n) is 11.7. The van der Waals surface area contributed by atoms with Gasteiger partial charge >= 0.3 is 5.97 Å². The number of nitriles is 1. The molecule has 0 fully saturated rings. The van der Waals surface area contributed by atoms with Gasteiger partial charge in [0.25, 0.3) is 0 Å². The summed E-state index contributed by atoms with van der Waals surface area (Å²) in [6.07, 6.45) is 0.732. The van der Waals surface area contributed by atoms with E-state index in [0.29, 0.717) is 40.1 Å². The van der Waals surface area contributed by atoms with E-state index in [0.717, 1.165) is 40.9 Å². The van der Waals surface area contributed by atoms with Crippen molar-refractivity contribution in [1.29, 1.82) is 5.26 Å². The number of carbonyl (C=O) groups excluding carboxylic acids is 1. The molecule has 0 unspecified atom stereocenters. The molecule has 0 amide bonds. The third kappa shape index (κ3) is 5.66. The average molecular weight is 520 g/mol. The number of hydrogen-bond acceptors (Lipinski definition) is 9. The zero-order chi connectivity index (χ0) is 26.5. The van der Waals surface area contributed by atoms with Crippen LogP contribution in [0.5, 0.6) is 23.0 Å². The Morgan fingerprint density at radius 2 is 1.78 bits per heavy atom. The number of aryl methyl sites for hydroxylation is 1.